The monoisotopic (exact) mass is 475 g/mol. The van der Waals surface area contributed by atoms with Crippen molar-refractivity contribution in [1.29, 1.82) is 0 Å². The molecule has 1 saturated heterocycles. The molecule has 33 heavy (non-hydrogen) atoms. The highest BCUT2D eigenvalue weighted by molar-refractivity contribution is 8.01. The van der Waals surface area contributed by atoms with Gasteiger partial charge < -0.3 is 20.6 Å². The zero-order chi connectivity index (χ0) is 24.7. The van der Waals surface area contributed by atoms with Gasteiger partial charge in [0.05, 0.1) is 0 Å². The second-order valence-corrected chi connectivity index (χ2v) is 11.5. The van der Waals surface area contributed by atoms with Crippen LogP contribution in [0.4, 0.5) is 0 Å². The Balaban J connectivity index is 1.82. The highest BCUT2D eigenvalue weighted by Crippen LogP contribution is 2.56. The molecule has 2 aliphatic heterocycles. The fraction of sp³-hybridized carbons (Fsp3) is 0.583. The molecule has 180 valence electrons. The molecule has 2 aliphatic rings. The smallest absolute Gasteiger partial charge is 0.326 e. The normalized spacial score (nSPS) is 23.5. The number of carboxylic acid groups (broad SMARTS) is 1. The first-order valence-electron chi connectivity index (χ1n) is 11.3. The van der Waals surface area contributed by atoms with Crippen LogP contribution in [0.15, 0.2) is 24.3 Å². The van der Waals surface area contributed by atoms with Gasteiger partial charge in [-0.15, -0.1) is 11.8 Å². The predicted octanol–water partition coefficient (Wildman–Crippen LogP) is 2.79. The molecule has 1 aromatic rings. The lowest BCUT2D eigenvalue weighted by atomic mass is 9.96. The first-order chi connectivity index (χ1) is 15.4. The number of benzene rings is 1. The zero-order valence-electron chi connectivity index (χ0n) is 19.9. The summed E-state index contributed by atoms with van der Waals surface area (Å²) in [5.41, 5.74) is 1.49. The van der Waals surface area contributed by atoms with Crippen molar-refractivity contribution < 1.29 is 24.3 Å². The van der Waals surface area contributed by atoms with Gasteiger partial charge in [-0.25, -0.2) is 4.79 Å². The minimum absolute atomic E-state index is 0.193. The van der Waals surface area contributed by atoms with Gasteiger partial charge in [0.1, 0.15) is 23.5 Å². The van der Waals surface area contributed by atoms with E-state index >= 15 is 0 Å². The van der Waals surface area contributed by atoms with E-state index in [2.05, 4.69) is 10.6 Å². The molecule has 0 aliphatic carbocycles. The number of nitrogens with one attached hydrogen (secondary N) is 2. The number of carbonyl (C=O) groups is 4. The van der Waals surface area contributed by atoms with Crippen molar-refractivity contribution >= 4 is 35.5 Å². The third-order valence-electron chi connectivity index (χ3n) is 6.57. The highest BCUT2D eigenvalue weighted by Gasteiger charge is 2.57. The Bertz CT molecular complexity index is 963. The molecular formula is C24H33N3O5S. The van der Waals surface area contributed by atoms with E-state index in [0.29, 0.717) is 12.0 Å². The zero-order valence-corrected chi connectivity index (χ0v) is 20.7. The summed E-state index contributed by atoms with van der Waals surface area (Å²) in [6.45, 7) is 11.0. The van der Waals surface area contributed by atoms with E-state index in [1.54, 1.807) is 49.6 Å². The quantitative estimate of drug-likeness (QED) is 0.533. The fourth-order valence-corrected chi connectivity index (χ4v) is 6.09. The average Bonchev–Trinajstić information content (AvgIpc) is 3.18. The summed E-state index contributed by atoms with van der Waals surface area (Å²) in [6.07, 6.45) is 0.586. The number of hydrogen-bond donors (Lipinski definition) is 3. The molecule has 1 aromatic carbocycles. The number of aliphatic carboxylic acids is 1. The average molecular weight is 476 g/mol. The van der Waals surface area contributed by atoms with Crippen LogP contribution in [0, 0.1) is 11.8 Å². The second-order valence-electron chi connectivity index (χ2n) is 9.72. The topological polar surface area (TPSA) is 116 Å². The maximum absolute atomic E-state index is 13.5. The molecule has 1 fully saturated rings. The van der Waals surface area contributed by atoms with Gasteiger partial charge >= 0.3 is 5.97 Å². The SMILES string of the molecule is CC[C@H](C)[C@H](NC(=O)[C@@H](NC(=O)[C@@H]1N2C(=O)c3ccccc3[C@@H]2SC1(C)C)C(C)C)C(=O)O. The molecule has 0 unspecified atom stereocenters. The van der Waals surface area contributed by atoms with Gasteiger partial charge in [-0.1, -0.05) is 52.3 Å². The number of amides is 3. The molecule has 2 heterocycles. The molecule has 0 aromatic heterocycles. The number of rotatable bonds is 8. The van der Waals surface area contributed by atoms with Crippen LogP contribution < -0.4 is 10.6 Å². The molecule has 0 saturated carbocycles. The third kappa shape index (κ3) is 4.60. The van der Waals surface area contributed by atoms with Crippen molar-refractivity contribution in [2.24, 2.45) is 11.8 Å². The maximum Gasteiger partial charge on any atom is 0.326 e. The van der Waals surface area contributed by atoms with Gasteiger partial charge in [0.2, 0.25) is 11.8 Å². The van der Waals surface area contributed by atoms with Crippen molar-refractivity contribution in [2.45, 2.75) is 76.2 Å². The van der Waals surface area contributed by atoms with Crippen LogP contribution in [0.2, 0.25) is 0 Å². The molecule has 9 heteroatoms. The molecule has 0 bridgehead atoms. The Hall–Kier alpha value is -2.55. The Morgan fingerprint density at radius 1 is 1.12 bits per heavy atom. The summed E-state index contributed by atoms with van der Waals surface area (Å²) in [5, 5.41) is 14.7. The second kappa shape index (κ2) is 9.37. The number of nitrogens with zero attached hydrogens (tertiary/aromatic N) is 1. The molecule has 3 rings (SSSR count). The van der Waals surface area contributed by atoms with Gasteiger partial charge in [0, 0.05) is 10.3 Å². The predicted molar refractivity (Wildman–Crippen MR) is 127 cm³/mol. The fourth-order valence-electron chi connectivity index (χ4n) is 4.50. The van der Waals surface area contributed by atoms with Crippen molar-refractivity contribution in [1.82, 2.24) is 15.5 Å². The Morgan fingerprint density at radius 3 is 2.33 bits per heavy atom. The van der Waals surface area contributed by atoms with Crippen LogP contribution in [0.1, 0.15) is 69.3 Å². The van der Waals surface area contributed by atoms with Crippen molar-refractivity contribution in [2.75, 3.05) is 0 Å². The first kappa shape index (κ1) is 25.1. The maximum atomic E-state index is 13.5. The van der Waals surface area contributed by atoms with Gasteiger partial charge in [-0.2, -0.15) is 0 Å². The number of hydrogen-bond acceptors (Lipinski definition) is 5. The highest BCUT2D eigenvalue weighted by atomic mass is 32.2. The summed E-state index contributed by atoms with van der Waals surface area (Å²) >= 11 is 1.55. The summed E-state index contributed by atoms with van der Waals surface area (Å²) < 4.78 is -0.573. The number of carboxylic acids is 1. The van der Waals surface area contributed by atoms with E-state index in [1.165, 1.54) is 0 Å². The lowest BCUT2D eigenvalue weighted by Crippen LogP contribution is -2.60. The van der Waals surface area contributed by atoms with E-state index in [-0.39, 0.29) is 23.1 Å². The summed E-state index contributed by atoms with van der Waals surface area (Å²) in [4.78, 5) is 53.0. The first-order valence-corrected chi connectivity index (χ1v) is 12.2. The molecule has 3 N–H and O–H groups in total. The van der Waals surface area contributed by atoms with Crippen LogP contribution >= 0.6 is 11.8 Å². The van der Waals surface area contributed by atoms with Crippen LogP contribution in [0.25, 0.3) is 0 Å². The van der Waals surface area contributed by atoms with Gasteiger partial charge in [-0.3, -0.25) is 14.4 Å². The lowest BCUT2D eigenvalue weighted by molar-refractivity contribution is -0.144. The van der Waals surface area contributed by atoms with E-state index in [4.69, 9.17) is 0 Å². The van der Waals surface area contributed by atoms with Crippen LogP contribution in [0.5, 0.6) is 0 Å². The van der Waals surface area contributed by atoms with Gasteiger partial charge in [0.15, 0.2) is 0 Å². The minimum Gasteiger partial charge on any atom is -0.480 e. The molecule has 5 atom stereocenters. The van der Waals surface area contributed by atoms with Crippen molar-refractivity contribution in [3.8, 4) is 0 Å². The summed E-state index contributed by atoms with van der Waals surface area (Å²) in [6, 6.07) is 4.62. The van der Waals surface area contributed by atoms with Crippen LogP contribution in [0.3, 0.4) is 0 Å². The number of fused-ring (bicyclic) bond motifs is 3. The van der Waals surface area contributed by atoms with Gasteiger partial charge in [-0.05, 0) is 37.3 Å². The molecule has 0 radical (unpaired) electrons. The van der Waals surface area contributed by atoms with E-state index in [9.17, 15) is 24.3 Å². The number of thioether (sulfide) groups is 1. The van der Waals surface area contributed by atoms with E-state index in [0.717, 1.165) is 5.56 Å². The van der Waals surface area contributed by atoms with E-state index < -0.39 is 40.7 Å². The Labute approximate surface area is 198 Å². The summed E-state index contributed by atoms with van der Waals surface area (Å²) in [5.74, 6) is -2.80. The van der Waals surface area contributed by atoms with Crippen LogP contribution in [-0.2, 0) is 14.4 Å². The van der Waals surface area contributed by atoms with Crippen molar-refractivity contribution in [3.05, 3.63) is 35.4 Å². The standard InChI is InChI=1S/C24H33N3O5S/c1-7-13(4)17(23(31)32)26-19(28)16(12(2)3)25-20(29)18-24(5,6)33-22-15-11-9-8-10-14(15)21(30)27(18)22/h8-13,16-18,22H,7H2,1-6H3,(H,25,29)(H,26,28)(H,31,32)/t13-,16-,17-,18-,22-/m0/s1. The molecule has 8 nitrogen and oxygen atoms in total. The molecule has 3 amide bonds. The lowest BCUT2D eigenvalue weighted by Gasteiger charge is -2.32. The Kier molecular flexibility index (Phi) is 7.12. The van der Waals surface area contributed by atoms with Crippen LogP contribution in [-0.4, -0.2) is 56.6 Å². The third-order valence-corrected chi connectivity index (χ3v) is 8.10. The minimum atomic E-state index is -1.11. The number of carbonyl (C=O) groups excluding carboxylic acids is 3. The summed E-state index contributed by atoms with van der Waals surface area (Å²) in [7, 11) is 0. The van der Waals surface area contributed by atoms with Gasteiger partial charge in [0.25, 0.3) is 5.91 Å². The molecule has 0 spiro atoms. The molecular weight excluding hydrogens is 442 g/mol. The Morgan fingerprint density at radius 2 is 1.76 bits per heavy atom. The van der Waals surface area contributed by atoms with E-state index in [1.807, 2.05) is 32.9 Å². The van der Waals surface area contributed by atoms with Crippen molar-refractivity contribution in [3.63, 3.8) is 0 Å². The largest absolute Gasteiger partial charge is 0.480 e.